The van der Waals surface area contributed by atoms with Gasteiger partial charge in [-0.25, -0.2) is 4.79 Å². The average Bonchev–Trinajstić information content (AvgIpc) is 2.92. The number of fused-ring (bicyclic) bond motifs is 4. The quantitative estimate of drug-likeness (QED) is 0.471. The standard InChI is InChI=1S/C28H37N5O4/c1-37-28(36)31-21-11-12-22-20-13-14-30-25(15-20)23(5-3-2-4-6-26(34)32-24(22)16-21)33-27(35)19-9-7-18(17-29)8-10-19/h11-16,18-19,23H,2-10,17,29H2,1H3,(H,31,36)(H,32,34)(H,33,35). The summed E-state index contributed by atoms with van der Waals surface area (Å²) in [5.41, 5.74) is 9.40. The molecule has 1 saturated carbocycles. The zero-order chi connectivity index (χ0) is 26.2. The Kier molecular flexibility index (Phi) is 9.11. The third-order valence-corrected chi connectivity index (χ3v) is 7.44. The van der Waals surface area contributed by atoms with Crippen LogP contribution in [0, 0.1) is 11.8 Å². The van der Waals surface area contributed by atoms with Gasteiger partial charge >= 0.3 is 6.09 Å². The van der Waals surface area contributed by atoms with Crippen molar-refractivity contribution in [1.29, 1.82) is 0 Å². The van der Waals surface area contributed by atoms with Gasteiger partial charge in [0.05, 0.1) is 24.5 Å². The first-order chi connectivity index (χ1) is 18.0. The van der Waals surface area contributed by atoms with Crippen molar-refractivity contribution < 1.29 is 19.1 Å². The Morgan fingerprint density at radius 2 is 1.89 bits per heavy atom. The third kappa shape index (κ3) is 7.07. The molecule has 4 rings (SSSR count). The van der Waals surface area contributed by atoms with Gasteiger partial charge in [-0.15, -0.1) is 0 Å². The van der Waals surface area contributed by atoms with E-state index in [0.29, 0.717) is 30.3 Å². The first-order valence-electron chi connectivity index (χ1n) is 13.2. The van der Waals surface area contributed by atoms with Gasteiger partial charge in [0.2, 0.25) is 11.8 Å². The van der Waals surface area contributed by atoms with E-state index >= 15 is 0 Å². The number of anilines is 2. The van der Waals surface area contributed by atoms with Crippen LogP contribution >= 0.6 is 0 Å². The number of carbonyl (C=O) groups excluding carboxylic acids is 3. The molecule has 9 nitrogen and oxygen atoms in total. The Hall–Kier alpha value is -3.46. The highest BCUT2D eigenvalue weighted by molar-refractivity contribution is 5.97. The van der Waals surface area contributed by atoms with E-state index in [1.54, 1.807) is 18.3 Å². The van der Waals surface area contributed by atoms with Crippen molar-refractivity contribution in [3.8, 4) is 11.1 Å². The van der Waals surface area contributed by atoms with E-state index in [0.717, 1.165) is 68.2 Å². The van der Waals surface area contributed by atoms with E-state index < -0.39 is 6.09 Å². The van der Waals surface area contributed by atoms with E-state index in [2.05, 4.69) is 20.9 Å². The minimum atomic E-state index is -0.586. The predicted octanol–water partition coefficient (Wildman–Crippen LogP) is 4.75. The molecule has 1 aliphatic heterocycles. The predicted molar refractivity (Wildman–Crippen MR) is 143 cm³/mol. The molecule has 0 saturated heterocycles. The summed E-state index contributed by atoms with van der Waals surface area (Å²) in [5.74, 6) is 0.543. The monoisotopic (exact) mass is 507 g/mol. The summed E-state index contributed by atoms with van der Waals surface area (Å²) >= 11 is 0. The summed E-state index contributed by atoms with van der Waals surface area (Å²) in [6.45, 7) is 0.687. The molecule has 1 fully saturated rings. The highest BCUT2D eigenvalue weighted by Crippen LogP contribution is 2.34. The number of aromatic nitrogens is 1. The van der Waals surface area contributed by atoms with E-state index in [9.17, 15) is 14.4 Å². The number of methoxy groups -OCH3 is 1. The topological polar surface area (TPSA) is 135 Å². The van der Waals surface area contributed by atoms with Gasteiger partial charge in [0.25, 0.3) is 0 Å². The smallest absolute Gasteiger partial charge is 0.411 e. The van der Waals surface area contributed by atoms with Gasteiger partial charge in [0.15, 0.2) is 0 Å². The van der Waals surface area contributed by atoms with Crippen molar-refractivity contribution >= 4 is 29.3 Å². The van der Waals surface area contributed by atoms with Crippen LogP contribution < -0.4 is 21.7 Å². The molecule has 1 aliphatic carbocycles. The first kappa shape index (κ1) is 26.6. The molecule has 2 aromatic rings. The summed E-state index contributed by atoms with van der Waals surface area (Å²) in [6, 6.07) is 9.00. The third-order valence-electron chi connectivity index (χ3n) is 7.44. The number of hydrogen-bond acceptors (Lipinski definition) is 6. The molecule has 3 amide bonds. The molecule has 0 spiro atoms. The van der Waals surface area contributed by atoms with Crippen molar-refractivity contribution in [3.05, 3.63) is 42.2 Å². The van der Waals surface area contributed by atoms with Crippen LogP contribution in [0.5, 0.6) is 0 Å². The Bertz CT molecular complexity index is 1110. The molecule has 5 N–H and O–H groups in total. The second-order valence-electron chi connectivity index (χ2n) is 10.0. The number of carbonyl (C=O) groups is 3. The lowest BCUT2D eigenvalue weighted by Gasteiger charge is -2.28. The number of nitrogens with zero attached hydrogens (tertiary/aromatic N) is 1. The molecular weight excluding hydrogens is 470 g/mol. The highest BCUT2D eigenvalue weighted by atomic mass is 16.5. The zero-order valence-corrected chi connectivity index (χ0v) is 21.4. The van der Waals surface area contributed by atoms with E-state index in [1.807, 2.05) is 18.2 Å². The van der Waals surface area contributed by atoms with Crippen LogP contribution in [0.2, 0.25) is 0 Å². The summed E-state index contributed by atoms with van der Waals surface area (Å²) < 4.78 is 4.69. The van der Waals surface area contributed by atoms with E-state index in [-0.39, 0.29) is 23.8 Å². The maximum absolute atomic E-state index is 13.2. The minimum absolute atomic E-state index is 0.0128. The summed E-state index contributed by atoms with van der Waals surface area (Å²) in [4.78, 5) is 42.2. The summed E-state index contributed by atoms with van der Waals surface area (Å²) in [6.07, 6.45) is 8.54. The molecule has 1 unspecified atom stereocenters. The van der Waals surface area contributed by atoms with E-state index in [1.165, 1.54) is 7.11 Å². The van der Waals surface area contributed by atoms with Crippen LogP contribution in [0.3, 0.4) is 0 Å². The molecule has 2 aliphatic rings. The lowest BCUT2D eigenvalue weighted by atomic mass is 9.81. The molecule has 2 bridgehead atoms. The van der Waals surface area contributed by atoms with Gasteiger partial charge in [-0.3, -0.25) is 19.9 Å². The normalized spacial score (nSPS) is 22.2. The van der Waals surface area contributed by atoms with Crippen molar-refractivity contribution in [2.75, 3.05) is 24.3 Å². The molecule has 9 heteroatoms. The largest absolute Gasteiger partial charge is 0.453 e. The SMILES string of the molecule is COC(=O)Nc1ccc2c(c1)NC(=O)CCCCCC(NC(=O)C1CCC(CN)CC1)c1cc-2ccn1. The number of hydrogen-bond donors (Lipinski definition) is 4. The Labute approximate surface area is 217 Å². The number of benzene rings is 1. The number of nitrogens with two attached hydrogens (primary N) is 1. The fourth-order valence-corrected chi connectivity index (χ4v) is 5.22. The van der Waals surface area contributed by atoms with Crippen molar-refractivity contribution in [2.45, 2.75) is 63.8 Å². The first-order valence-corrected chi connectivity index (χ1v) is 13.2. The fourth-order valence-electron chi connectivity index (χ4n) is 5.22. The van der Waals surface area contributed by atoms with Crippen LogP contribution in [0.15, 0.2) is 36.5 Å². The average molecular weight is 508 g/mol. The maximum Gasteiger partial charge on any atom is 0.411 e. The molecule has 0 radical (unpaired) electrons. The second kappa shape index (κ2) is 12.7. The van der Waals surface area contributed by atoms with Crippen molar-refractivity contribution in [1.82, 2.24) is 10.3 Å². The molecule has 1 aromatic heterocycles. The number of nitrogens with one attached hydrogen (secondary N) is 3. The number of ether oxygens (including phenoxy) is 1. The van der Waals surface area contributed by atoms with Crippen molar-refractivity contribution in [3.63, 3.8) is 0 Å². The Morgan fingerprint density at radius 3 is 2.65 bits per heavy atom. The number of rotatable bonds is 4. The van der Waals surface area contributed by atoms with Gasteiger partial charge in [0.1, 0.15) is 0 Å². The summed E-state index contributed by atoms with van der Waals surface area (Å²) in [5, 5.41) is 8.94. The molecule has 2 heterocycles. The second-order valence-corrected chi connectivity index (χ2v) is 10.0. The number of pyridine rings is 1. The van der Waals surface area contributed by atoms with Crippen LogP contribution in [-0.4, -0.2) is 36.5 Å². The van der Waals surface area contributed by atoms with Crippen LogP contribution in [-0.2, 0) is 14.3 Å². The van der Waals surface area contributed by atoms with Gasteiger partial charge in [-0.2, -0.15) is 0 Å². The van der Waals surface area contributed by atoms with Crippen LogP contribution in [0.25, 0.3) is 11.1 Å². The van der Waals surface area contributed by atoms with Gasteiger partial charge in [-0.1, -0.05) is 18.9 Å². The fraction of sp³-hybridized carbons (Fsp3) is 0.500. The van der Waals surface area contributed by atoms with Crippen LogP contribution in [0.1, 0.15) is 69.5 Å². The van der Waals surface area contributed by atoms with Crippen LogP contribution in [0.4, 0.5) is 16.2 Å². The molecule has 1 aromatic carbocycles. The Morgan fingerprint density at radius 1 is 1.08 bits per heavy atom. The highest BCUT2D eigenvalue weighted by Gasteiger charge is 2.28. The summed E-state index contributed by atoms with van der Waals surface area (Å²) in [7, 11) is 1.30. The van der Waals surface area contributed by atoms with Crippen molar-refractivity contribution in [2.24, 2.45) is 17.6 Å². The molecule has 37 heavy (non-hydrogen) atoms. The number of amides is 3. The van der Waals surface area contributed by atoms with Gasteiger partial charge in [-0.05, 0) is 80.8 Å². The zero-order valence-electron chi connectivity index (χ0n) is 21.4. The molecular formula is C28H37N5O4. The lowest BCUT2D eigenvalue weighted by Crippen LogP contribution is -2.37. The van der Waals surface area contributed by atoms with E-state index in [4.69, 9.17) is 10.5 Å². The van der Waals surface area contributed by atoms with Gasteiger partial charge < -0.3 is 21.1 Å². The Balaban J connectivity index is 1.61. The minimum Gasteiger partial charge on any atom is -0.453 e. The maximum atomic E-state index is 13.2. The molecule has 198 valence electrons. The molecule has 1 atom stereocenters. The van der Waals surface area contributed by atoms with Gasteiger partial charge in [0, 0.05) is 29.8 Å². The lowest BCUT2D eigenvalue weighted by molar-refractivity contribution is -0.127.